The highest BCUT2D eigenvalue weighted by Crippen LogP contribution is 2.36. The Kier molecular flexibility index (Phi) is 5.34. The predicted molar refractivity (Wildman–Crippen MR) is 132 cm³/mol. The first kappa shape index (κ1) is 21.5. The van der Waals surface area contributed by atoms with Gasteiger partial charge in [0, 0.05) is 20.3 Å². The van der Waals surface area contributed by atoms with Crippen LogP contribution in [-0.2, 0) is 11.3 Å². The second-order valence-electron chi connectivity index (χ2n) is 7.89. The lowest BCUT2D eigenvalue weighted by Crippen LogP contribution is -2.27. The molecule has 33 heavy (non-hydrogen) atoms. The van der Waals surface area contributed by atoms with Gasteiger partial charge in [0.2, 0.25) is 6.79 Å². The highest BCUT2D eigenvalue weighted by atomic mass is 32.2. The maximum Gasteiger partial charge on any atom is 0.267 e. The third-order valence-corrected chi connectivity index (χ3v) is 6.79. The molecule has 1 aromatic carbocycles. The van der Waals surface area contributed by atoms with Crippen LogP contribution in [0.5, 0.6) is 11.5 Å². The van der Waals surface area contributed by atoms with Gasteiger partial charge in [-0.05, 0) is 42.3 Å². The summed E-state index contributed by atoms with van der Waals surface area (Å²) >= 11 is 6.66. The summed E-state index contributed by atoms with van der Waals surface area (Å²) in [5, 5.41) is 0. The fourth-order valence-corrected chi connectivity index (χ4v) is 4.99. The van der Waals surface area contributed by atoms with Crippen LogP contribution in [0.2, 0.25) is 0 Å². The second-order valence-corrected chi connectivity index (χ2v) is 9.56. The van der Waals surface area contributed by atoms with Crippen LogP contribution in [-0.4, -0.2) is 45.4 Å². The first-order chi connectivity index (χ1) is 15.8. The van der Waals surface area contributed by atoms with Gasteiger partial charge in [0.1, 0.15) is 15.8 Å². The van der Waals surface area contributed by atoms with E-state index in [1.54, 1.807) is 23.2 Å². The first-order valence-corrected chi connectivity index (χ1v) is 11.4. The number of thioether (sulfide) groups is 1. The third-order valence-electron chi connectivity index (χ3n) is 5.41. The standard InChI is InChI=1S/C23H20N4O4S2/c1-13-5-4-8-26-19(13)24-20(25(2)3)15(21(26)28)10-18-22(29)27(23(32)33-18)11-14-6-7-16-17(9-14)31-12-30-16/h4-10H,11-12H2,1-3H3/b18-10+. The number of hydrogen-bond acceptors (Lipinski definition) is 8. The van der Waals surface area contributed by atoms with Crippen LogP contribution in [0, 0.1) is 6.92 Å². The van der Waals surface area contributed by atoms with Crippen molar-refractivity contribution in [3.8, 4) is 11.5 Å². The van der Waals surface area contributed by atoms with E-state index in [0.717, 1.165) is 11.1 Å². The molecule has 1 saturated heterocycles. The number of anilines is 1. The van der Waals surface area contributed by atoms with E-state index in [2.05, 4.69) is 0 Å². The molecule has 0 radical (unpaired) electrons. The number of hydrogen-bond donors (Lipinski definition) is 0. The molecule has 0 N–H and O–H groups in total. The molecule has 1 amide bonds. The zero-order valence-corrected chi connectivity index (χ0v) is 19.8. The number of nitrogens with zero attached hydrogens (tertiary/aromatic N) is 4. The van der Waals surface area contributed by atoms with Gasteiger partial charge in [-0.3, -0.25) is 18.9 Å². The van der Waals surface area contributed by atoms with Crippen LogP contribution < -0.4 is 19.9 Å². The van der Waals surface area contributed by atoms with Crippen molar-refractivity contribution in [2.45, 2.75) is 13.5 Å². The zero-order valence-electron chi connectivity index (χ0n) is 18.2. The van der Waals surface area contributed by atoms with Gasteiger partial charge in [-0.1, -0.05) is 36.1 Å². The van der Waals surface area contributed by atoms with Crippen molar-refractivity contribution in [2.75, 3.05) is 25.8 Å². The lowest BCUT2D eigenvalue weighted by molar-refractivity contribution is -0.122. The lowest BCUT2D eigenvalue weighted by Gasteiger charge is -2.16. The summed E-state index contributed by atoms with van der Waals surface area (Å²) in [6.45, 7) is 2.39. The Morgan fingerprint density at radius 2 is 2.00 bits per heavy atom. The van der Waals surface area contributed by atoms with Gasteiger partial charge in [0.05, 0.1) is 17.0 Å². The smallest absolute Gasteiger partial charge is 0.267 e. The van der Waals surface area contributed by atoms with Crippen LogP contribution in [0.1, 0.15) is 16.7 Å². The minimum Gasteiger partial charge on any atom is -0.454 e. The average molecular weight is 481 g/mol. The number of carbonyl (C=O) groups excluding carboxylic acids is 1. The van der Waals surface area contributed by atoms with Crippen molar-refractivity contribution in [3.05, 3.63) is 68.5 Å². The van der Waals surface area contributed by atoms with Gasteiger partial charge in [-0.25, -0.2) is 4.98 Å². The number of ether oxygens (including phenoxy) is 2. The quantitative estimate of drug-likeness (QED) is 0.416. The van der Waals surface area contributed by atoms with E-state index in [-0.39, 0.29) is 18.3 Å². The molecule has 10 heteroatoms. The Morgan fingerprint density at radius 3 is 2.79 bits per heavy atom. The van der Waals surface area contributed by atoms with Gasteiger partial charge >= 0.3 is 0 Å². The zero-order chi connectivity index (χ0) is 23.3. The SMILES string of the molecule is Cc1cccn2c(=O)c(/C=C3/SC(=S)N(Cc4ccc5c(c4)OCO5)C3=O)c(N(C)C)nc12. The van der Waals surface area contributed by atoms with E-state index < -0.39 is 0 Å². The van der Waals surface area contributed by atoms with Crippen molar-refractivity contribution >= 4 is 51.7 Å². The van der Waals surface area contributed by atoms with Gasteiger partial charge < -0.3 is 14.4 Å². The molecule has 0 unspecified atom stereocenters. The Balaban J connectivity index is 1.52. The minimum absolute atomic E-state index is 0.186. The van der Waals surface area contributed by atoms with Crippen molar-refractivity contribution < 1.29 is 14.3 Å². The molecule has 0 bridgehead atoms. The van der Waals surface area contributed by atoms with Crippen LogP contribution in [0.25, 0.3) is 11.7 Å². The molecular weight excluding hydrogens is 460 g/mol. The molecule has 0 aliphatic carbocycles. The summed E-state index contributed by atoms with van der Waals surface area (Å²) < 4.78 is 12.7. The van der Waals surface area contributed by atoms with Gasteiger partial charge in [-0.15, -0.1) is 0 Å². The maximum absolute atomic E-state index is 13.3. The van der Waals surface area contributed by atoms with Gasteiger partial charge in [-0.2, -0.15) is 0 Å². The third kappa shape index (κ3) is 3.75. The molecule has 2 aliphatic rings. The minimum atomic E-state index is -0.249. The van der Waals surface area contributed by atoms with Crippen LogP contribution >= 0.6 is 24.0 Å². The molecule has 0 atom stereocenters. The number of carbonyl (C=O) groups is 1. The van der Waals surface area contributed by atoms with Crippen molar-refractivity contribution in [2.24, 2.45) is 0 Å². The normalized spacial score (nSPS) is 16.3. The fraction of sp³-hybridized carbons (Fsp3) is 0.217. The molecule has 2 aromatic heterocycles. The van der Waals surface area contributed by atoms with Gasteiger partial charge in [0.15, 0.2) is 11.5 Å². The summed E-state index contributed by atoms with van der Waals surface area (Å²) in [6, 6.07) is 9.24. The number of fused-ring (bicyclic) bond motifs is 2. The monoisotopic (exact) mass is 480 g/mol. The molecule has 3 aromatic rings. The largest absolute Gasteiger partial charge is 0.454 e. The number of thiocarbonyl (C=S) groups is 1. The Labute approximate surface area is 199 Å². The number of aryl methyl sites for hydroxylation is 1. The average Bonchev–Trinajstić information content (AvgIpc) is 3.35. The molecular formula is C23H20N4O4S2. The number of amides is 1. The van der Waals surface area contributed by atoms with E-state index in [1.165, 1.54) is 21.1 Å². The number of pyridine rings is 1. The lowest BCUT2D eigenvalue weighted by atomic mass is 10.2. The van der Waals surface area contributed by atoms with Crippen LogP contribution in [0.15, 0.2) is 46.2 Å². The van der Waals surface area contributed by atoms with E-state index in [9.17, 15) is 9.59 Å². The highest BCUT2D eigenvalue weighted by Gasteiger charge is 2.33. The summed E-state index contributed by atoms with van der Waals surface area (Å²) in [4.78, 5) is 34.9. The maximum atomic E-state index is 13.3. The first-order valence-electron chi connectivity index (χ1n) is 10.2. The summed E-state index contributed by atoms with van der Waals surface area (Å²) in [6.07, 6.45) is 3.28. The van der Waals surface area contributed by atoms with E-state index in [1.807, 2.05) is 45.3 Å². The van der Waals surface area contributed by atoms with Crippen LogP contribution in [0.4, 0.5) is 5.82 Å². The summed E-state index contributed by atoms with van der Waals surface area (Å²) in [5.41, 5.74) is 2.44. The molecule has 1 fully saturated rings. The molecule has 0 spiro atoms. The predicted octanol–water partition coefficient (Wildman–Crippen LogP) is 3.20. The molecule has 2 aliphatic heterocycles. The van der Waals surface area contributed by atoms with E-state index in [4.69, 9.17) is 26.7 Å². The second kappa shape index (κ2) is 8.20. The van der Waals surface area contributed by atoms with E-state index >= 15 is 0 Å². The number of rotatable bonds is 4. The Morgan fingerprint density at radius 1 is 1.21 bits per heavy atom. The molecule has 168 valence electrons. The van der Waals surface area contributed by atoms with Crippen LogP contribution in [0.3, 0.4) is 0 Å². The summed E-state index contributed by atoms with van der Waals surface area (Å²) in [7, 11) is 3.64. The fourth-order valence-electron chi connectivity index (χ4n) is 3.76. The van der Waals surface area contributed by atoms with Crippen molar-refractivity contribution in [1.82, 2.24) is 14.3 Å². The van der Waals surface area contributed by atoms with Gasteiger partial charge in [0.25, 0.3) is 11.5 Å². The highest BCUT2D eigenvalue weighted by molar-refractivity contribution is 8.26. The number of aromatic nitrogens is 2. The topological polar surface area (TPSA) is 76.4 Å². The summed E-state index contributed by atoms with van der Waals surface area (Å²) in [5.74, 6) is 1.57. The van der Waals surface area contributed by atoms with E-state index in [0.29, 0.717) is 44.3 Å². The Hall–Kier alpha value is -3.37. The van der Waals surface area contributed by atoms with Crippen molar-refractivity contribution in [1.29, 1.82) is 0 Å². The molecule has 0 saturated carbocycles. The van der Waals surface area contributed by atoms with Crippen molar-refractivity contribution in [3.63, 3.8) is 0 Å². The molecule has 8 nitrogen and oxygen atoms in total. The molecule has 5 rings (SSSR count). The molecule has 4 heterocycles. The Bertz CT molecular complexity index is 1410. The number of benzene rings is 1.